The van der Waals surface area contributed by atoms with Crippen LogP contribution in [0.4, 0.5) is 0 Å². The topological polar surface area (TPSA) is 149 Å². The second-order valence-corrected chi connectivity index (χ2v) is 10.6. The highest BCUT2D eigenvalue weighted by Gasteiger charge is 2.48. The lowest BCUT2D eigenvalue weighted by Gasteiger charge is -2.19. The van der Waals surface area contributed by atoms with E-state index >= 15 is 0 Å². The summed E-state index contributed by atoms with van der Waals surface area (Å²) in [5.74, 6) is -0.507. The van der Waals surface area contributed by atoms with E-state index in [-0.39, 0.29) is 5.56 Å². The van der Waals surface area contributed by atoms with E-state index in [1.807, 2.05) is 0 Å². The number of phosphoric acid groups is 1. The molecule has 206 valence electrons. The van der Waals surface area contributed by atoms with E-state index in [0.717, 1.165) is 19.3 Å². The first-order valence-corrected chi connectivity index (χ1v) is 14.6. The Morgan fingerprint density at radius 1 is 1.03 bits per heavy atom. The number of esters is 1. The van der Waals surface area contributed by atoms with Gasteiger partial charge in [0.25, 0.3) is 14.1 Å². The molecule has 0 aliphatic carbocycles. The van der Waals surface area contributed by atoms with E-state index < -0.39 is 44.9 Å². The van der Waals surface area contributed by atoms with Crippen LogP contribution in [-0.4, -0.2) is 52.6 Å². The van der Waals surface area contributed by atoms with Gasteiger partial charge in [-0.25, -0.2) is 4.79 Å². The third-order valence-corrected chi connectivity index (χ3v) is 6.80. The van der Waals surface area contributed by atoms with Crippen LogP contribution in [0.15, 0.2) is 24.5 Å². The van der Waals surface area contributed by atoms with Gasteiger partial charge in [-0.1, -0.05) is 77.6 Å². The molecule has 11 heteroatoms. The van der Waals surface area contributed by atoms with Crippen molar-refractivity contribution >= 4 is 13.8 Å². The first-order chi connectivity index (χ1) is 17.2. The fourth-order valence-corrected chi connectivity index (χ4v) is 4.58. The number of aliphatic hydroxyl groups excluding tert-OH is 2. The Morgan fingerprint density at radius 2 is 1.61 bits per heavy atom. The number of nitrogens with zero attached hydrogens (tertiary/aromatic N) is 1. The number of ether oxygens (including phenoxy) is 2. The van der Waals surface area contributed by atoms with Crippen molar-refractivity contribution in [2.45, 2.75) is 109 Å². The van der Waals surface area contributed by atoms with Gasteiger partial charge in [0.15, 0.2) is 18.5 Å². The molecule has 0 radical (unpaired) electrons. The first-order valence-electron chi connectivity index (χ1n) is 13.1. The highest BCUT2D eigenvalue weighted by atomic mass is 31.2. The number of aromatic nitrogens is 1. The summed E-state index contributed by atoms with van der Waals surface area (Å²) in [6, 6.07) is 3.14. The minimum Gasteiger partial charge on any atom is -0.756 e. The van der Waals surface area contributed by atoms with Gasteiger partial charge in [-0.2, -0.15) is 4.57 Å². The van der Waals surface area contributed by atoms with Crippen molar-refractivity contribution in [1.82, 2.24) is 0 Å². The maximum Gasteiger partial charge on any atom is 0.344 e. The van der Waals surface area contributed by atoms with Crippen LogP contribution in [0.25, 0.3) is 0 Å². The molecule has 1 fully saturated rings. The predicted molar refractivity (Wildman–Crippen MR) is 130 cm³/mol. The molecular weight excluding hydrogens is 489 g/mol. The number of hydrogen-bond acceptors (Lipinski definition) is 8. The molecule has 2 rings (SSSR count). The maximum atomic E-state index is 12.4. The Labute approximate surface area is 213 Å². The number of unbranched alkanes of at least 4 members (excludes halogenated alkanes) is 11. The number of carbonyl (C=O) groups is 1. The number of rotatable bonds is 18. The van der Waals surface area contributed by atoms with E-state index in [9.17, 15) is 24.5 Å². The van der Waals surface area contributed by atoms with Crippen LogP contribution in [0.2, 0.25) is 0 Å². The Morgan fingerprint density at radius 3 is 2.19 bits per heavy atom. The molecule has 1 unspecified atom stereocenters. The molecule has 1 aromatic rings. The highest BCUT2D eigenvalue weighted by Crippen LogP contribution is 2.33. The minimum atomic E-state index is -5.00. The van der Waals surface area contributed by atoms with Crippen molar-refractivity contribution in [2.75, 3.05) is 13.2 Å². The Balaban J connectivity index is 1.66. The lowest BCUT2D eigenvalue weighted by atomic mass is 10.1. The zero-order chi connectivity index (χ0) is 26.4. The first kappa shape index (κ1) is 30.8. The van der Waals surface area contributed by atoms with Gasteiger partial charge >= 0.3 is 5.97 Å². The van der Waals surface area contributed by atoms with Crippen molar-refractivity contribution in [3.8, 4) is 0 Å². The van der Waals surface area contributed by atoms with Crippen LogP contribution in [0, 0.1) is 0 Å². The zero-order valence-corrected chi connectivity index (χ0v) is 22.1. The molecule has 0 amide bonds. The van der Waals surface area contributed by atoms with E-state index in [0.29, 0.717) is 6.61 Å². The van der Waals surface area contributed by atoms with Crippen molar-refractivity contribution in [3.05, 3.63) is 30.1 Å². The number of pyridine rings is 1. The van der Waals surface area contributed by atoms with Gasteiger partial charge in [0.1, 0.15) is 17.8 Å². The smallest absolute Gasteiger partial charge is 0.344 e. The van der Waals surface area contributed by atoms with Gasteiger partial charge < -0.3 is 34.0 Å². The summed E-state index contributed by atoms with van der Waals surface area (Å²) in [5, 5.41) is 20.4. The maximum absolute atomic E-state index is 12.4. The molecule has 10 nitrogen and oxygen atoms in total. The molecule has 0 spiro atoms. The normalized spacial score (nSPS) is 23.5. The largest absolute Gasteiger partial charge is 0.756 e. The molecule has 0 aromatic carbocycles. The fourth-order valence-electron chi connectivity index (χ4n) is 4.24. The summed E-state index contributed by atoms with van der Waals surface area (Å²) in [7, 11) is -5.00. The Hall–Kier alpha value is -1.39. The third-order valence-electron chi connectivity index (χ3n) is 6.32. The molecule has 3 N–H and O–H groups in total. The predicted octanol–water partition coefficient (Wildman–Crippen LogP) is 2.93. The number of phosphoric ester groups is 1. The van der Waals surface area contributed by atoms with Gasteiger partial charge in [0.05, 0.1) is 13.2 Å². The quantitative estimate of drug-likeness (QED) is 0.112. The molecule has 1 aromatic heterocycles. The average Bonchev–Trinajstić information content (AvgIpc) is 3.13. The van der Waals surface area contributed by atoms with E-state index in [1.54, 1.807) is 12.1 Å². The van der Waals surface area contributed by atoms with Gasteiger partial charge in [-0.05, 0) is 12.5 Å². The van der Waals surface area contributed by atoms with Crippen molar-refractivity contribution < 1.29 is 47.9 Å². The molecule has 1 aliphatic rings. The Bertz CT molecular complexity index is 818. The highest BCUT2D eigenvalue weighted by molar-refractivity contribution is 7.44. The lowest BCUT2D eigenvalue weighted by molar-refractivity contribution is -0.765. The molecule has 36 heavy (non-hydrogen) atoms. The number of aliphatic hydroxyl groups is 2. The second kappa shape index (κ2) is 16.5. The zero-order valence-electron chi connectivity index (χ0n) is 21.2. The van der Waals surface area contributed by atoms with Gasteiger partial charge in [0, 0.05) is 6.07 Å². The SMILES string of the molecule is CCCCCCCCCCCCCCOC(=O)c1ccc[n+]([C@@H]2O[C@H](COP(=O)([O-])O)[C@@H](O)[C@H]2O)c1. The van der Waals surface area contributed by atoms with E-state index in [4.69, 9.17) is 14.4 Å². The average molecular weight is 532 g/mol. The van der Waals surface area contributed by atoms with E-state index in [1.165, 1.54) is 74.7 Å². The van der Waals surface area contributed by atoms with Gasteiger partial charge in [-0.3, -0.25) is 4.57 Å². The van der Waals surface area contributed by atoms with E-state index in [2.05, 4.69) is 11.4 Å². The molecular formula is C25H42NO9P. The lowest BCUT2D eigenvalue weighted by Crippen LogP contribution is -2.46. The second-order valence-electron chi connectivity index (χ2n) is 9.38. The van der Waals surface area contributed by atoms with Crippen molar-refractivity contribution in [3.63, 3.8) is 0 Å². The summed E-state index contributed by atoms with van der Waals surface area (Å²) in [4.78, 5) is 31.9. The van der Waals surface area contributed by atoms with Crippen molar-refractivity contribution in [1.29, 1.82) is 0 Å². The monoisotopic (exact) mass is 531 g/mol. The van der Waals surface area contributed by atoms with Crippen LogP contribution in [0.1, 0.15) is 101 Å². The third kappa shape index (κ3) is 11.3. The van der Waals surface area contributed by atoms with Crippen molar-refractivity contribution in [2.24, 2.45) is 0 Å². The molecule has 0 bridgehead atoms. The van der Waals surface area contributed by atoms with Crippen LogP contribution < -0.4 is 9.46 Å². The molecule has 1 saturated heterocycles. The molecule has 0 saturated carbocycles. The molecule has 2 heterocycles. The minimum absolute atomic E-state index is 0.251. The van der Waals surface area contributed by atoms with Gasteiger partial charge in [0.2, 0.25) is 0 Å². The van der Waals surface area contributed by atoms with Crippen LogP contribution in [0.5, 0.6) is 0 Å². The summed E-state index contributed by atoms with van der Waals surface area (Å²) < 4.78 is 27.3. The Kier molecular flexibility index (Phi) is 14.1. The standard InChI is InChI=1S/C25H42NO9P/c1-2-3-4-5-6-7-8-9-10-11-12-13-17-33-25(29)20-15-14-16-26(18-20)24-23(28)22(27)21(35-24)19-34-36(30,31)32/h14-16,18,21-24,27-28H,2-13,17,19H2,1H3,(H-,30,31,32)/t21-,22-,23-,24-/m1/s1. The number of hydrogen-bond donors (Lipinski definition) is 3. The molecule has 5 atom stereocenters. The number of carbonyl (C=O) groups excluding carboxylic acids is 1. The van der Waals surface area contributed by atoms with Gasteiger partial charge in [-0.15, -0.1) is 0 Å². The fraction of sp³-hybridized carbons (Fsp3) is 0.760. The van der Waals surface area contributed by atoms with Crippen LogP contribution >= 0.6 is 7.82 Å². The summed E-state index contributed by atoms with van der Waals surface area (Å²) in [5.41, 5.74) is 0.251. The van der Waals surface area contributed by atoms with Crippen LogP contribution in [-0.2, 0) is 18.6 Å². The summed E-state index contributed by atoms with van der Waals surface area (Å²) in [6.45, 7) is 1.90. The summed E-state index contributed by atoms with van der Waals surface area (Å²) >= 11 is 0. The summed E-state index contributed by atoms with van der Waals surface area (Å²) in [6.07, 6.45) is 12.5. The van der Waals surface area contributed by atoms with Crippen LogP contribution in [0.3, 0.4) is 0 Å². The molecule has 1 aliphatic heterocycles.